The van der Waals surface area contributed by atoms with Crippen LogP contribution in [-0.4, -0.2) is 22.6 Å². The Morgan fingerprint density at radius 3 is 2.77 bits per heavy atom. The molecule has 2 heterocycles. The van der Waals surface area contributed by atoms with Crippen LogP contribution in [0, 0.1) is 18.8 Å². The first-order valence-electron chi connectivity index (χ1n) is 9.45. The Labute approximate surface area is 163 Å². The predicted molar refractivity (Wildman–Crippen MR) is 107 cm³/mol. The van der Waals surface area contributed by atoms with Crippen molar-refractivity contribution in [2.45, 2.75) is 45.1 Å². The number of benzene rings is 1. The summed E-state index contributed by atoms with van der Waals surface area (Å²) in [6.07, 6.45) is 6.37. The molecule has 136 valence electrons. The molecule has 2 fully saturated rings. The van der Waals surface area contributed by atoms with Gasteiger partial charge in [0.1, 0.15) is 17.5 Å². The van der Waals surface area contributed by atoms with E-state index in [1.54, 1.807) is 6.07 Å². The van der Waals surface area contributed by atoms with Gasteiger partial charge in [-0.25, -0.2) is 9.97 Å². The highest BCUT2D eigenvalue weighted by atomic mass is 35.5. The lowest BCUT2D eigenvalue weighted by Crippen LogP contribution is -2.27. The summed E-state index contributed by atoms with van der Waals surface area (Å²) in [5, 5.41) is 5.08. The third-order valence-corrected chi connectivity index (χ3v) is 6.74. The van der Waals surface area contributed by atoms with Crippen molar-refractivity contribution in [3.8, 4) is 0 Å². The lowest BCUT2D eigenvalue weighted by molar-refractivity contribution is 0.438. The average molecular weight is 389 g/mol. The summed E-state index contributed by atoms with van der Waals surface area (Å²) in [4.78, 5) is 11.7. The van der Waals surface area contributed by atoms with Gasteiger partial charge in [-0.3, -0.25) is 0 Å². The van der Waals surface area contributed by atoms with E-state index < -0.39 is 0 Å². The maximum absolute atomic E-state index is 6.45. The normalized spacial score (nSPS) is 26.4. The molecule has 0 spiro atoms. The van der Waals surface area contributed by atoms with Crippen molar-refractivity contribution >= 4 is 40.5 Å². The molecule has 2 aliphatic carbocycles. The number of halogens is 2. The van der Waals surface area contributed by atoms with Crippen molar-refractivity contribution in [1.29, 1.82) is 0 Å². The van der Waals surface area contributed by atoms with Gasteiger partial charge in [-0.15, -0.1) is 0 Å². The fraction of sp³-hybridized carbons (Fsp3) is 0.500. The van der Waals surface area contributed by atoms with Crippen LogP contribution in [0.3, 0.4) is 0 Å². The summed E-state index contributed by atoms with van der Waals surface area (Å²) in [5.74, 6) is 4.53. The van der Waals surface area contributed by atoms with Crippen LogP contribution in [0.2, 0.25) is 10.0 Å². The summed E-state index contributed by atoms with van der Waals surface area (Å²) < 4.78 is 0. The zero-order valence-electron chi connectivity index (χ0n) is 14.8. The molecule has 2 saturated carbocycles. The lowest BCUT2D eigenvalue weighted by Gasteiger charge is -2.25. The van der Waals surface area contributed by atoms with E-state index in [0.717, 1.165) is 47.9 Å². The monoisotopic (exact) mass is 388 g/mol. The van der Waals surface area contributed by atoms with Gasteiger partial charge < -0.3 is 10.2 Å². The molecule has 2 aromatic rings. The summed E-state index contributed by atoms with van der Waals surface area (Å²) in [7, 11) is 0. The molecule has 0 amide bonds. The zero-order valence-corrected chi connectivity index (χ0v) is 16.3. The lowest BCUT2D eigenvalue weighted by atomic mass is 9.95. The smallest absolute Gasteiger partial charge is 0.142 e. The molecule has 2 bridgehead atoms. The Bertz CT molecular complexity index is 869. The fourth-order valence-electron chi connectivity index (χ4n) is 5.02. The van der Waals surface area contributed by atoms with Crippen LogP contribution < -0.4 is 10.2 Å². The van der Waals surface area contributed by atoms with Crippen molar-refractivity contribution in [2.75, 3.05) is 16.8 Å². The topological polar surface area (TPSA) is 41.1 Å². The van der Waals surface area contributed by atoms with E-state index in [-0.39, 0.29) is 0 Å². The first-order chi connectivity index (χ1) is 12.6. The van der Waals surface area contributed by atoms with Gasteiger partial charge in [0, 0.05) is 23.2 Å². The second-order valence-corrected chi connectivity index (χ2v) is 8.69. The first-order valence-corrected chi connectivity index (χ1v) is 10.2. The van der Waals surface area contributed by atoms with Crippen molar-refractivity contribution in [3.63, 3.8) is 0 Å². The van der Waals surface area contributed by atoms with Gasteiger partial charge in [0.15, 0.2) is 0 Å². The second kappa shape index (κ2) is 6.28. The third-order valence-electron chi connectivity index (χ3n) is 6.20. The van der Waals surface area contributed by atoms with Gasteiger partial charge in [0.2, 0.25) is 0 Å². The molecule has 5 rings (SSSR count). The fourth-order valence-corrected chi connectivity index (χ4v) is 5.53. The van der Waals surface area contributed by atoms with Crippen molar-refractivity contribution in [2.24, 2.45) is 11.8 Å². The van der Waals surface area contributed by atoms with Gasteiger partial charge >= 0.3 is 0 Å². The van der Waals surface area contributed by atoms with Crippen LogP contribution in [0.5, 0.6) is 0 Å². The SMILES string of the molecule is Cc1nc(NC2CC3CCC2C3)c2c(n1)N(c1ccc(Cl)cc1Cl)CC2. The maximum Gasteiger partial charge on any atom is 0.142 e. The number of hydrogen-bond donors (Lipinski definition) is 1. The minimum absolute atomic E-state index is 0.570. The number of aryl methyl sites for hydroxylation is 1. The highest BCUT2D eigenvalue weighted by molar-refractivity contribution is 6.36. The molecule has 6 heteroatoms. The summed E-state index contributed by atoms with van der Waals surface area (Å²) in [6.45, 7) is 2.83. The molecule has 1 aliphatic heterocycles. The Morgan fingerprint density at radius 1 is 1.15 bits per heavy atom. The first kappa shape index (κ1) is 16.6. The minimum atomic E-state index is 0.570. The highest BCUT2D eigenvalue weighted by Crippen LogP contribution is 2.46. The number of nitrogens with one attached hydrogen (secondary N) is 1. The van der Waals surface area contributed by atoms with Gasteiger partial charge in [0.25, 0.3) is 0 Å². The molecule has 4 nitrogen and oxygen atoms in total. The van der Waals surface area contributed by atoms with Gasteiger partial charge in [0.05, 0.1) is 10.7 Å². The number of fused-ring (bicyclic) bond motifs is 3. The standard InChI is InChI=1S/C20H22Cl2N4/c1-11-23-19(25-17-9-12-2-3-13(17)8-12)15-6-7-26(20(15)24-11)18-5-4-14(21)10-16(18)22/h4-5,10,12-13,17H,2-3,6-9H2,1H3,(H,23,24,25). The third kappa shape index (κ3) is 2.74. The van der Waals surface area contributed by atoms with E-state index in [9.17, 15) is 0 Å². The second-order valence-electron chi connectivity index (χ2n) is 7.84. The maximum atomic E-state index is 6.45. The van der Waals surface area contributed by atoms with E-state index in [4.69, 9.17) is 33.2 Å². The number of anilines is 3. The molecule has 3 unspecified atom stereocenters. The summed E-state index contributed by atoms with van der Waals surface area (Å²) >= 11 is 12.5. The van der Waals surface area contributed by atoms with Crippen molar-refractivity contribution < 1.29 is 0 Å². The largest absolute Gasteiger partial charge is 0.367 e. The Hall–Kier alpha value is -1.52. The van der Waals surface area contributed by atoms with Gasteiger partial charge in [-0.2, -0.15) is 0 Å². The van der Waals surface area contributed by atoms with E-state index in [2.05, 4.69) is 10.2 Å². The van der Waals surface area contributed by atoms with E-state index in [0.29, 0.717) is 16.1 Å². The summed E-state index contributed by atoms with van der Waals surface area (Å²) in [5.41, 5.74) is 2.17. The predicted octanol–water partition coefficient (Wildman–Crippen LogP) is 5.39. The number of hydrogen-bond acceptors (Lipinski definition) is 4. The minimum Gasteiger partial charge on any atom is -0.367 e. The molecule has 1 aromatic carbocycles. The molecule has 1 N–H and O–H groups in total. The van der Waals surface area contributed by atoms with Crippen LogP contribution in [0.15, 0.2) is 18.2 Å². The molecule has 0 radical (unpaired) electrons. The van der Waals surface area contributed by atoms with Crippen molar-refractivity contribution in [1.82, 2.24) is 9.97 Å². The Balaban J connectivity index is 1.49. The van der Waals surface area contributed by atoms with Crippen LogP contribution in [0.1, 0.15) is 37.1 Å². The quantitative estimate of drug-likeness (QED) is 0.765. The van der Waals surface area contributed by atoms with Crippen molar-refractivity contribution in [3.05, 3.63) is 39.6 Å². The Kier molecular flexibility index (Phi) is 4.02. The number of rotatable bonds is 3. The average Bonchev–Trinajstić information content (AvgIpc) is 3.30. The molecule has 1 aromatic heterocycles. The Morgan fingerprint density at radius 2 is 2.04 bits per heavy atom. The van der Waals surface area contributed by atoms with E-state index >= 15 is 0 Å². The molecule has 3 aliphatic rings. The molecule has 0 saturated heterocycles. The molecular weight excluding hydrogens is 367 g/mol. The van der Waals surface area contributed by atoms with E-state index in [1.807, 2.05) is 19.1 Å². The molecular formula is C20H22Cl2N4. The zero-order chi connectivity index (χ0) is 17.8. The highest BCUT2D eigenvalue weighted by Gasteiger charge is 2.40. The summed E-state index contributed by atoms with van der Waals surface area (Å²) in [6, 6.07) is 6.21. The van der Waals surface area contributed by atoms with Crippen LogP contribution >= 0.6 is 23.2 Å². The number of nitrogens with zero attached hydrogens (tertiary/aromatic N) is 3. The van der Waals surface area contributed by atoms with Gasteiger partial charge in [-0.05, 0) is 62.6 Å². The number of aromatic nitrogens is 2. The molecule has 3 atom stereocenters. The van der Waals surface area contributed by atoms with Crippen LogP contribution in [0.25, 0.3) is 0 Å². The van der Waals surface area contributed by atoms with E-state index in [1.165, 1.54) is 31.2 Å². The van der Waals surface area contributed by atoms with Gasteiger partial charge in [-0.1, -0.05) is 29.6 Å². The molecule has 26 heavy (non-hydrogen) atoms. The van der Waals surface area contributed by atoms with Crippen LogP contribution in [-0.2, 0) is 6.42 Å². The van der Waals surface area contributed by atoms with Crippen LogP contribution in [0.4, 0.5) is 17.3 Å².